The number of ketones is 1. The molecule has 120 valence electrons. The summed E-state index contributed by atoms with van der Waals surface area (Å²) < 4.78 is 7.72. The lowest BCUT2D eigenvalue weighted by Crippen LogP contribution is -2.46. The molecular weight excluding hydrogens is 334 g/mol. The second-order valence-corrected chi connectivity index (χ2v) is 18.0. The number of hydrogen-bond donors (Lipinski definition) is 0. The molecule has 0 amide bonds. The van der Waals surface area contributed by atoms with Crippen LogP contribution in [0.25, 0.3) is 0 Å². The number of aromatic nitrogens is 1. The van der Waals surface area contributed by atoms with Gasteiger partial charge < -0.3 is 8.91 Å². The van der Waals surface area contributed by atoms with Crippen LogP contribution in [0.5, 0.6) is 0 Å². The Hall–Kier alpha value is 0.0438. The highest BCUT2D eigenvalue weighted by molar-refractivity contribution is 8.02. The molecule has 1 rings (SSSR count). The SMILES string of the molecule is CC(=O)CCCC[Si](C)(C)O[Si](C)(C)CSc1nccs1. The van der Waals surface area contributed by atoms with Crippen molar-refractivity contribution < 1.29 is 8.91 Å². The van der Waals surface area contributed by atoms with Gasteiger partial charge in [0.15, 0.2) is 16.6 Å². The summed E-state index contributed by atoms with van der Waals surface area (Å²) >= 11 is 3.53. The molecule has 0 unspecified atom stereocenters. The number of thiazole rings is 1. The maximum Gasteiger partial charge on any atom is 0.183 e. The molecule has 0 aliphatic carbocycles. The van der Waals surface area contributed by atoms with Crippen molar-refractivity contribution in [2.45, 2.75) is 62.8 Å². The van der Waals surface area contributed by atoms with Crippen LogP contribution in [0.2, 0.25) is 32.2 Å². The largest absolute Gasteiger partial charge is 0.455 e. The van der Waals surface area contributed by atoms with Crippen LogP contribution in [-0.2, 0) is 8.91 Å². The van der Waals surface area contributed by atoms with Crippen molar-refractivity contribution in [2.75, 3.05) is 5.38 Å². The summed E-state index contributed by atoms with van der Waals surface area (Å²) in [6.07, 6.45) is 4.69. The number of carbonyl (C=O) groups is 1. The maximum atomic E-state index is 11.0. The molecule has 0 bridgehead atoms. The Morgan fingerprint density at radius 3 is 2.57 bits per heavy atom. The van der Waals surface area contributed by atoms with Gasteiger partial charge in [0.2, 0.25) is 0 Å². The highest BCUT2D eigenvalue weighted by Gasteiger charge is 2.32. The van der Waals surface area contributed by atoms with Crippen molar-refractivity contribution in [2.24, 2.45) is 0 Å². The summed E-state index contributed by atoms with van der Waals surface area (Å²) in [5.74, 6) is 0.296. The molecule has 0 saturated heterocycles. The molecule has 0 radical (unpaired) electrons. The first-order valence-corrected chi connectivity index (χ1v) is 15.5. The van der Waals surface area contributed by atoms with E-state index < -0.39 is 16.6 Å². The zero-order chi connectivity index (χ0) is 15.9. The van der Waals surface area contributed by atoms with E-state index in [1.54, 1.807) is 18.3 Å². The van der Waals surface area contributed by atoms with Gasteiger partial charge in [-0.1, -0.05) is 18.2 Å². The normalized spacial score (nSPS) is 12.6. The van der Waals surface area contributed by atoms with E-state index in [9.17, 15) is 4.79 Å². The van der Waals surface area contributed by atoms with Crippen LogP contribution in [0.15, 0.2) is 15.9 Å². The zero-order valence-electron chi connectivity index (χ0n) is 13.8. The Kier molecular flexibility index (Phi) is 7.83. The second-order valence-electron chi connectivity index (χ2n) is 6.62. The third-order valence-corrected chi connectivity index (χ3v) is 14.0. The number of nitrogens with zero attached hydrogens (tertiary/aromatic N) is 1. The van der Waals surface area contributed by atoms with Gasteiger partial charge in [-0.3, -0.25) is 0 Å². The van der Waals surface area contributed by atoms with Crippen molar-refractivity contribution >= 4 is 45.5 Å². The molecule has 7 heteroatoms. The van der Waals surface area contributed by atoms with Gasteiger partial charge in [0.25, 0.3) is 0 Å². The van der Waals surface area contributed by atoms with Gasteiger partial charge in [0.05, 0.1) is 0 Å². The molecule has 0 aliphatic rings. The van der Waals surface area contributed by atoms with E-state index in [-0.39, 0.29) is 0 Å². The summed E-state index contributed by atoms with van der Waals surface area (Å²) in [5.41, 5.74) is 0. The Balaban J connectivity index is 2.34. The highest BCUT2D eigenvalue weighted by Crippen LogP contribution is 2.27. The van der Waals surface area contributed by atoms with E-state index in [1.807, 2.05) is 23.3 Å². The van der Waals surface area contributed by atoms with E-state index in [1.165, 1.54) is 0 Å². The molecule has 0 spiro atoms. The minimum Gasteiger partial charge on any atom is -0.455 e. The first-order chi connectivity index (χ1) is 9.70. The van der Waals surface area contributed by atoms with Crippen LogP contribution < -0.4 is 0 Å². The molecule has 1 heterocycles. The fraction of sp³-hybridized carbons (Fsp3) is 0.714. The van der Waals surface area contributed by atoms with Crippen LogP contribution in [0, 0.1) is 0 Å². The second kappa shape index (κ2) is 8.62. The summed E-state index contributed by atoms with van der Waals surface area (Å²) in [7, 11) is -3.27. The lowest BCUT2D eigenvalue weighted by Gasteiger charge is -2.33. The molecule has 3 nitrogen and oxygen atoms in total. The molecule has 21 heavy (non-hydrogen) atoms. The predicted octanol–water partition coefficient (Wildman–Crippen LogP) is 4.96. The fourth-order valence-corrected chi connectivity index (χ4v) is 13.9. The van der Waals surface area contributed by atoms with E-state index in [0.29, 0.717) is 12.2 Å². The number of thioether (sulfide) groups is 1. The van der Waals surface area contributed by atoms with E-state index in [0.717, 1.165) is 28.6 Å². The monoisotopic (exact) mass is 361 g/mol. The van der Waals surface area contributed by atoms with Crippen LogP contribution in [0.3, 0.4) is 0 Å². The maximum absolute atomic E-state index is 11.0. The number of Topliss-reactive ketones (excluding diaryl/α,β-unsaturated/α-hetero) is 1. The third kappa shape index (κ3) is 8.92. The molecule has 0 saturated carbocycles. The average Bonchev–Trinajstić information content (AvgIpc) is 2.84. The minimum absolute atomic E-state index is 0.296. The first kappa shape index (κ1) is 19.1. The van der Waals surface area contributed by atoms with Gasteiger partial charge in [0.1, 0.15) is 10.1 Å². The number of carbonyl (C=O) groups excluding carboxylic acids is 1. The first-order valence-electron chi connectivity index (χ1n) is 7.42. The Labute approximate surface area is 139 Å². The molecule has 0 N–H and O–H groups in total. The summed E-state index contributed by atoms with van der Waals surface area (Å²) in [4.78, 5) is 15.3. The van der Waals surface area contributed by atoms with Crippen LogP contribution in [0.1, 0.15) is 26.2 Å². The Morgan fingerprint density at radius 2 is 2.00 bits per heavy atom. The predicted molar refractivity (Wildman–Crippen MR) is 98.2 cm³/mol. The van der Waals surface area contributed by atoms with Crippen LogP contribution in [0.4, 0.5) is 0 Å². The zero-order valence-corrected chi connectivity index (χ0v) is 17.4. The smallest absolute Gasteiger partial charge is 0.183 e. The Morgan fingerprint density at radius 1 is 1.29 bits per heavy atom. The van der Waals surface area contributed by atoms with Crippen molar-refractivity contribution in [1.29, 1.82) is 0 Å². The minimum atomic E-state index is -1.65. The van der Waals surface area contributed by atoms with Crippen molar-refractivity contribution in [3.63, 3.8) is 0 Å². The molecule has 0 atom stereocenters. The fourth-order valence-electron chi connectivity index (χ4n) is 2.27. The number of hydrogen-bond acceptors (Lipinski definition) is 5. The molecule has 1 aromatic heterocycles. The lowest BCUT2D eigenvalue weighted by atomic mass is 10.2. The molecule has 1 aromatic rings. The molecule has 0 fully saturated rings. The van der Waals surface area contributed by atoms with E-state index >= 15 is 0 Å². The van der Waals surface area contributed by atoms with Gasteiger partial charge in [-0.15, -0.1) is 11.3 Å². The van der Waals surface area contributed by atoms with Crippen molar-refractivity contribution in [3.8, 4) is 0 Å². The summed E-state index contributed by atoms with van der Waals surface area (Å²) in [5, 5.41) is 3.08. The van der Waals surface area contributed by atoms with E-state index in [4.69, 9.17) is 4.12 Å². The summed E-state index contributed by atoms with van der Waals surface area (Å²) in [6.45, 7) is 10.9. The van der Waals surface area contributed by atoms with Gasteiger partial charge in [-0.2, -0.15) is 0 Å². The standard InChI is InChI=1S/C14H27NO2S2Si2/c1-13(16)8-6-7-11-20(2,3)17-21(4,5)12-19-14-15-9-10-18-14/h9-10H,6-8,11-12H2,1-5H3. The van der Waals surface area contributed by atoms with Gasteiger partial charge in [0, 0.05) is 23.4 Å². The van der Waals surface area contributed by atoms with E-state index in [2.05, 4.69) is 31.2 Å². The van der Waals surface area contributed by atoms with Crippen molar-refractivity contribution in [3.05, 3.63) is 11.6 Å². The molecular formula is C14H27NO2S2Si2. The lowest BCUT2D eigenvalue weighted by molar-refractivity contribution is -0.117. The Bertz CT molecular complexity index is 436. The average molecular weight is 362 g/mol. The van der Waals surface area contributed by atoms with Gasteiger partial charge in [-0.05, 0) is 45.6 Å². The number of rotatable bonds is 10. The highest BCUT2D eigenvalue weighted by atomic mass is 32.2. The van der Waals surface area contributed by atoms with Crippen LogP contribution >= 0.6 is 23.1 Å². The quantitative estimate of drug-likeness (QED) is 0.335. The van der Waals surface area contributed by atoms with Gasteiger partial charge >= 0.3 is 0 Å². The number of unbranched alkanes of at least 4 members (excludes halogenated alkanes) is 1. The third-order valence-electron chi connectivity index (χ3n) is 3.06. The summed E-state index contributed by atoms with van der Waals surface area (Å²) in [6, 6.07) is 1.15. The van der Waals surface area contributed by atoms with Gasteiger partial charge in [-0.25, -0.2) is 4.98 Å². The van der Waals surface area contributed by atoms with Crippen molar-refractivity contribution in [1.82, 2.24) is 4.98 Å². The molecule has 0 aromatic carbocycles. The topological polar surface area (TPSA) is 39.2 Å². The van der Waals surface area contributed by atoms with Crippen LogP contribution in [-0.4, -0.2) is 32.8 Å². The molecule has 0 aliphatic heterocycles.